The van der Waals surface area contributed by atoms with E-state index in [1.807, 2.05) is 6.07 Å². The number of anilines is 2. The van der Waals surface area contributed by atoms with Crippen LogP contribution in [0.15, 0.2) is 24.9 Å². The van der Waals surface area contributed by atoms with E-state index in [4.69, 9.17) is 10.7 Å². The molecule has 0 unspecified atom stereocenters. The molecule has 140 valence electrons. The maximum absolute atomic E-state index is 6.49. The maximum Gasteiger partial charge on any atom is 0.152 e. The van der Waals surface area contributed by atoms with Crippen LogP contribution in [0.4, 0.5) is 11.5 Å². The molecule has 6 heteroatoms. The molecule has 0 bridgehead atoms. The van der Waals surface area contributed by atoms with Gasteiger partial charge in [0.2, 0.25) is 0 Å². The van der Waals surface area contributed by atoms with Gasteiger partial charge < -0.3 is 16.0 Å². The SMILES string of the molecule is C=Cc1cnnc(-c2cc(N)c(N3CCN[C@H](C4CC4)C3)nc2C2CC2)c1. The molecule has 5 rings (SSSR count). The summed E-state index contributed by atoms with van der Waals surface area (Å²) in [6.07, 6.45) is 8.57. The Morgan fingerprint density at radius 1 is 1.22 bits per heavy atom. The van der Waals surface area contributed by atoms with Crippen molar-refractivity contribution in [3.8, 4) is 11.3 Å². The zero-order chi connectivity index (χ0) is 18.4. The first-order valence-corrected chi connectivity index (χ1v) is 9.97. The van der Waals surface area contributed by atoms with Crippen LogP contribution in [0.3, 0.4) is 0 Å². The number of aromatic nitrogens is 3. The third-order valence-corrected chi connectivity index (χ3v) is 5.91. The first-order chi connectivity index (χ1) is 13.2. The standard InChI is InChI=1S/C21H26N6/c1-2-13-9-18(26-24-11-13)16-10-17(22)21(25-20(16)15-5-6-15)27-8-7-23-19(12-27)14-3-4-14/h2,9-11,14-15,19,23H,1,3-8,12,22H2/t19-/m0/s1. The molecule has 2 aromatic heterocycles. The van der Waals surface area contributed by atoms with Gasteiger partial charge in [0.15, 0.2) is 5.82 Å². The molecule has 1 atom stereocenters. The van der Waals surface area contributed by atoms with Crippen LogP contribution in [-0.2, 0) is 0 Å². The average molecular weight is 362 g/mol. The summed E-state index contributed by atoms with van der Waals surface area (Å²) in [6, 6.07) is 4.64. The Morgan fingerprint density at radius 2 is 2.07 bits per heavy atom. The van der Waals surface area contributed by atoms with Crippen molar-refractivity contribution in [3.63, 3.8) is 0 Å². The van der Waals surface area contributed by atoms with Crippen molar-refractivity contribution in [1.82, 2.24) is 20.5 Å². The lowest BCUT2D eigenvalue weighted by Crippen LogP contribution is -2.52. The number of pyridine rings is 1. The molecular weight excluding hydrogens is 336 g/mol. The summed E-state index contributed by atoms with van der Waals surface area (Å²) in [5, 5.41) is 12.1. The lowest BCUT2D eigenvalue weighted by Gasteiger charge is -2.35. The van der Waals surface area contributed by atoms with Gasteiger partial charge in [-0.15, -0.1) is 0 Å². The van der Waals surface area contributed by atoms with Crippen LogP contribution in [-0.4, -0.2) is 40.9 Å². The monoisotopic (exact) mass is 362 g/mol. The van der Waals surface area contributed by atoms with E-state index in [-0.39, 0.29) is 0 Å². The molecule has 0 spiro atoms. The second-order valence-corrected chi connectivity index (χ2v) is 8.03. The Balaban J connectivity index is 1.52. The molecule has 0 radical (unpaired) electrons. The number of nitrogens with one attached hydrogen (secondary N) is 1. The smallest absolute Gasteiger partial charge is 0.152 e. The summed E-state index contributed by atoms with van der Waals surface area (Å²) in [7, 11) is 0. The van der Waals surface area contributed by atoms with E-state index < -0.39 is 0 Å². The van der Waals surface area contributed by atoms with Crippen LogP contribution in [0, 0.1) is 5.92 Å². The van der Waals surface area contributed by atoms with E-state index in [1.54, 1.807) is 12.3 Å². The fourth-order valence-corrected chi connectivity index (χ4v) is 4.07. The largest absolute Gasteiger partial charge is 0.396 e. The maximum atomic E-state index is 6.49. The molecule has 3 heterocycles. The van der Waals surface area contributed by atoms with Crippen LogP contribution in [0.1, 0.15) is 42.9 Å². The Hall–Kier alpha value is -2.47. The molecule has 6 nitrogen and oxygen atoms in total. The highest BCUT2D eigenvalue weighted by Gasteiger charge is 2.36. The van der Waals surface area contributed by atoms with Gasteiger partial charge in [-0.1, -0.05) is 12.7 Å². The van der Waals surface area contributed by atoms with Gasteiger partial charge in [-0.3, -0.25) is 0 Å². The zero-order valence-electron chi connectivity index (χ0n) is 15.6. The lowest BCUT2D eigenvalue weighted by atomic mass is 10.0. The van der Waals surface area contributed by atoms with Gasteiger partial charge in [0.1, 0.15) is 0 Å². The summed E-state index contributed by atoms with van der Waals surface area (Å²) in [5.41, 5.74) is 11.2. The van der Waals surface area contributed by atoms with Crippen LogP contribution < -0.4 is 16.0 Å². The number of nitrogen functional groups attached to an aromatic ring is 1. The summed E-state index contributed by atoms with van der Waals surface area (Å²) < 4.78 is 0. The first-order valence-electron chi connectivity index (χ1n) is 9.97. The molecule has 27 heavy (non-hydrogen) atoms. The molecule has 0 aromatic carbocycles. The third kappa shape index (κ3) is 3.30. The fraction of sp³-hybridized carbons (Fsp3) is 0.476. The number of nitrogens with two attached hydrogens (primary N) is 1. The lowest BCUT2D eigenvalue weighted by molar-refractivity contribution is 0.417. The fourth-order valence-electron chi connectivity index (χ4n) is 4.07. The van der Waals surface area contributed by atoms with Crippen LogP contribution >= 0.6 is 0 Å². The number of rotatable bonds is 5. The highest BCUT2D eigenvalue weighted by atomic mass is 15.3. The van der Waals surface area contributed by atoms with E-state index in [0.29, 0.717) is 12.0 Å². The molecule has 3 N–H and O–H groups in total. The molecule has 2 aliphatic carbocycles. The van der Waals surface area contributed by atoms with Gasteiger partial charge in [0, 0.05) is 37.2 Å². The van der Waals surface area contributed by atoms with E-state index in [9.17, 15) is 0 Å². The van der Waals surface area contributed by atoms with Crippen molar-refractivity contribution in [2.45, 2.75) is 37.6 Å². The van der Waals surface area contributed by atoms with Gasteiger partial charge >= 0.3 is 0 Å². The van der Waals surface area contributed by atoms with Crippen molar-refractivity contribution in [1.29, 1.82) is 0 Å². The quantitative estimate of drug-likeness (QED) is 0.851. The van der Waals surface area contributed by atoms with Crippen molar-refractivity contribution in [3.05, 3.63) is 36.2 Å². The highest BCUT2D eigenvalue weighted by molar-refractivity contribution is 5.75. The topological polar surface area (TPSA) is 80.0 Å². The van der Waals surface area contributed by atoms with Gasteiger partial charge in [0.05, 0.1) is 23.3 Å². The number of piperazine rings is 1. The molecule has 3 fully saturated rings. The molecule has 2 saturated carbocycles. The zero-order valence-corrected chi connectivity index (χ0v) is 15.6. The minimum Gasteiger partial charge on any atom is -0.396 e. The Morgan fingerprint density at radius 3 is 2.81 bits per heavy atom. The second kappa shape index (κ2) is 6.60. The first kappa shape index (κ1) is 16.7. The summed E-state index contributed by atoms with van der Waals surface area (Å²) in [6.45, 7) is 6.78. The summed E-state index contributed by atoms with van der Waals surface area (Å²) >= 11 is 0. The number of hydrogen-bond acceptors (Lipinski definition) is 6. The second-order valence-electron chi connectivity index (χ2n) is 8.03. The van der Waals surface area contributed by atoms with E-state index in [2.05, 4.69) is 33.1 Å². The molecular formula is C21H26N6. The Bertz CT molecular complexity index is 871. The number of nitrogens with zero attached hydrogens (tertiary/aromatic N) is 4. The Kier molecular flexibility index (Phi) is 4.08. The van der Waals surface area contributed by atoms with E-state index >= 15 is 0 Å². The highest BCUT2D eigenvalue weighted by Crippen LogP contribution is 2.45. The predicted molar refractivity (Wildman–Crippen MR) is 108 cm³/mol. The third-order valence-electron chi connectivity index (χ3n) is 5.91. The molecule has 1 aliphatic heterocycles. The predicted octanol–water partition coefficient (Wildman–Crippen LogP) is 2.83. The van der Waals surface area contributed by atoms with E-state index in [0.717, 1.165) is 59.6 Å². The van der Waals surface area contributed by atoms with Gasteiger partial charge in [-0.25, -0.2) is 4.98 Å². The molecule has 1 saturated heterocycles. The normalized spacial score (nSPS) is 22.7. The summed E-state index contributed by atoms with van der Waals surface area (Å²) in [5.74, 6) is 2.28. The Labute approximate surface area is 159 Å². The van der Waals surface area contributed by atoms with Gasteiger partial charge in [-0.05, 0) is 49.3 Å². The van der Waals surface area contributed by atoms with Gasteiger partial charge in [-0.2, -0.15) is 10.2 Å². The molecule has 0 amide bonds. The van der Waals surface area contributed by atoms with Crippen LogP contribution in [0.25, 0.3) is 17.3 Å². The minimum atomic E-state index is 0.510. The van der Waals surface area contributed by atoms with Crippen molar-refractivity contribution >= 4 is 17.6 Å². The summed E-state index contributed by atoms with van der Waals surface area (Å²) in [4.78, 5) is 7.45. The molecule has 3 aliphatic rings. The minimum absolute atomic E-state index is 0.510. The number of hydrogen-bond donors (Lipinski definition) is 2. The van der Waals surface area contributed by atoms with Crippen molar-refractivity contribution in [2.75, 3.05) is 30.3 Å². The van der Waals surface area contributed by atoms with Crippen LogP contribution in [0.5, 0.6) is 0 Å². The van der Waals surface area contributed by atoms with Gasteiger partial charge in [0.25, 0.3) is 0 Å². The molecule has 2 aromatic rings. The van der Waals surface area contributed by atoms with Crippen molar-refractivity contribution in [2.24, 2.45) is 5.92 Å². The van der Waals surface area contributed by atoms with Crippen LogP contribution in [0.2, 0.25) is 0 Å². The van der Waals surface area contributed by atoms with E-state index in [1.165, 1.54) is 25.7 Å². The van der Waals surface area contributed by atoms with Crippen molar-refractivity contribution < 1.29 is 0 Å². The average Bonchev–Trinajstić information content (AvgIpc) is 3.60.